The van der Waals surface area contributed by atoms with Crippen LogP contribution in [0.4, 0.5) is 16.6 Å². The maximum atomic E-state index is 12.4. The topological polar surface area (TPSA) is 80.0 Å². The van der Waals surface area contributed by atoms with Gasteiger partial charge in [-0.25, -0.2) is 4.98 Å². The Balaban J connectivity index is 1.76. The van der Waals surface area contributed by atoms with Crippen LogP contribution in [0.15, 0.2) is 29.2 Å². The van der Waals surface area contributed by atoms with Crippen LogP contribution in [-0.2, 0) is 0 Å². The minimum absolute atomic E-state index is 0.213. The molecule has 1 heterocycles. The number of nitrogen functional groups attached to an aromatic ring is 1. The van der Waals surface area contributed by atoms with Crippen molar-refractivity contribution in [3.63, 3.8) is 0 Å². The molecular weight excluding hydrogens is 304 g/mol. The SMILES string of the molecule is CSc1ccccc1NC(=O)c1sc(NC2CC2)nc1N. The molecule has 110 valence electrons. The number of hydrogen-bond donors (Lipinski definition) is 3. The first-order valence-corrected chi connectivity index (χ1v) is 8.68. The molecule has 0 atom stereocenters. The van der Waals surface area contributed by atoms with Gasteiger partial charge < -0.3 is 16.4 Å². The van der Waals surface area contributed by atoms with Gasteiger partial charge in [0.15, 0.2) is 5.13 Å². The van der Waals surface area contributed by atoms with Crippen molar-refractivity contribution < 1.29 is 4.79 Å². The molecule has 7 heteroatoms. The Morgan fingerprint density at radius 1 is 1.43 bits per heavy atom. The summed E-state index contributed by atoms with van der Waals surface area (Å²) in [7, 11) is 0. The molecule has 0 spiro atoms. The van der Waals surface area contributed by atoms with Crippen molar-refractivity contribution in [3.05, 3.63) is 29.1 Å². The molecule has 0 aliphatic heterocycles. The van der Waals surface area contributed by atoms with Gasteiger partial charge in [-0.3, -0.25) is 4.79 Å². The number of amides is 1. The number of hydrogen-bond acceptors (Lipinski definition) is 6. The molecule has 3 rings (SSSR count). The summed E-state index contributed by atoms with van der Waals surface area (Å²) in [4.78, 5) is 18.0. The quantitative estimate of drug-likeness (QED) is 0.737. The smallest absolute Gasteiger partial charge is 0.269 e. The molecule has 0 saturated heterocycles. The van der Waals surface area contributed by atoms with Crippen LogP contribution in [-0.4, -0.2) is 23.2 Å². The number of nitrogens with one attached hydrogen (secondary N) is 2. The van der Waals surface area contributed by atoms with Crippen LogP contribution in [0.1, 0.15) is 22.5 Å². The van der Waals surface area contributed by atoms with Crippen molar-refractivity contribution in [2.24, 2.45) is 0 Å². The van der Waals surface area contributed by atoms with Gasteiger partial charge in [0.25, 0.3) is 5.91 Å². The third-order valence-electron chi connectivity index (χ3n) is 3.12. The van der Waals surface area contributed by atoms with Gasteiger partial charge in [-0.15, -0.1) is 11.8 Å². The van der Waals surface area contributed by atoms with E-state index in [0.717, 1.165) is 28.6 Å². The summed E-state index contributed by atoms with van der Waals surface area (Å²) < 4.78 is 0. The summed E-state index contributed by atoms with van der Waals surface area (Å²) in [5, 5.41) is 6.89. The van der Waals surface area contributed by atoms with Crippen molar-refractivity contribution in [3.8, 4) is 0 Å². The Labute approximate surface area is 131 Å². The lowest BCUT2D eigenvalue weighted by Crippen LogP contribution is -2.12. The predicted octanol–water partition coefficient (Wildman–Crippen LogP) is 3.27. The zero-order valence-electron chi connectivity index (χ0n) is 11.6. The second-order valence-electron chi connectivity index (χ2n) is 4.81. The van der Waals surface area contributed by atoms with Crippen LogP contribution in [0.2, 0.25) is 0 Å². The average Bonchev–Trinajstić information content (AvgIpc) is 3.21. The molecule has 4 N–H and O–H groups in total. The van der Waals surface area contributed by atoms with E-state index in [9.17, 15) is 4.79 Å². The van der Waals surface area contributed by atoms with Gasteiger partial charge in [0, 0.05) is 10.9 Å². The van der Waals surface area contributed by atoms with E-state index in [1.54, 1.807) is 11.8 Å². The van der Waals surface area contributed by atoms with E-state index in [1.807, 2.05) is 30.5 Å². The van der Waals surface area contributed by atoms with Gasteiger partial charge in [-0.2, -0.15) is 0 Å². The number of para-hydroxylation sites is 1. The third kappa shape index (κ3) is 3.30. The lowest BCUT2D eigenvalue weighted by Gasteiger charge is -2.08. The number of thioether (sulfide) groups is 1. The van der Waals surface area contributed by atoms with E-state index in [-0.39, 0.29) is 11.7 Å². The van der Waals surface area contributed by atoms with Gasteiger partial charge in [0.05, 0.1) is 5.69 Å². The Morgan fingerprint density at radius 3 is 2.90 bits per heavy atom. The van der Waals surface area contributed by atoms with E-state index in [0.29, 0.717) is 10.9 Å². The van der Waals surface area contributed by atoms with Crippen LogP contribution in [0.25, 0.3) is 0 Å². The first-order chi connectivity index (χ1) is 10.2. The normalized spacial score (nSPS) is 14.0. The first-order valence-electron chi connectivity index (χ1n) is 6.64. The van der Waals surface area contributed by atoms with Gasteiger partial charge in [0.2, 0.25) is 0 Å². The van der Waals surface area contributed by atoms with Gasteiger partial charge in [-0.05, 0) is 31.2 Å². The standard InChI is InChI=1S/C14H16N4OS2/c1-20-10-5-3-2-4-9(10)17-13(19)11-12(15)18-14(21-11)16-8-6-7-8/h2-5,8H,6-7,15H2,1H3,(H,16,18)(H,17,19). The van der Waals surface area contributed by atoms with Crippen LogP contribution in [0.3, 0.4) is 0 Å². The molecule has 2 aromatic rings. The largest absolute Gasteiger partial charge is 0.382 e. The Bertz CT molecular complexity index is 667. The summed E-state index contributed by atoms with van der Waals surface area (Å²) in [6, 6.07) is 8.18. The zero-order chi connectivity index (χ0) is 14.8. The molecular formula is C14H16N4OS2. The maximum Gasteiger partial charge on any atom is 0.269 e. The van der Waals surface area contributed by atoms with Crippen LogP contribution in [0, 0.1) is 0 Å². The molecule has 1 aliphatic carbocycles. The van der Waals surface area contributed by atoms with Gasteiger partial charge >= 0.3 is 0 Å². The van der Waals surface area contributed by atoms with Crippen LogP contribution >= 0.6 is 23.1 Å². The van der Waals surface area contributed by atoms with E-state index >= 15 is 0 Å². The van der Waals surface area contributed by atoms with E-state index < -0.39 is 0 Å². The van der Waals surface area contributed by atoms with Gasteiger partial charge in [-0.1, -0.05) is 23.5 Å². The minimum Gasteiger partial charge on any atom is -0.382 e. The highest BCUT2D eigenvalue weighted by molar-refractivity contribution is 7.98. The molecule has 0 unspecified atom stereocenters. The number of nitrogens with two attached hydrogens (primary N) is 1. The number of nitrogens with zero attached hydrogens (tertiary/aromatic N) is 1. The lowest BCUT2D eigenvalue weighted by molar-refractivity contribution is 0.103. The molecule has 1 aliphatic rings. The number of carbonyl (C=O) groups is 1. The highest BCUT2D eigenvalue weighted by Crippen LogP contribution is 2.32. The Kier molecular flexibility index (Phi) is 4.03. The fourth-order valence-electron chi connectivity index (χ4n) is 1.89. The van der Waals surface area contributed by atoms with Crippen molar-refractivity contribution in [1.82, 2.24) is 4.98 Å². The molecule has 21 heavy (non-hydrogen) atoms. The monoisotopic (exact) mass is 320 g/mol. The summed E-state index contributed by atoms with van der Waals surface area (Å²) >= 11 is 2.89. The fourth-order valence-corrected chi connectivity index (χ4v) is 3.30. The van der Waals surface area contributed by atoms with Crippen molar-refractivity contribution in [1.29, 1.82) is 0 Å². The first kappa shape index (κ1) is 14.2. The Hall–Kier alpha value is -1.73. The molecule has 5 nitrogen and oxygen atoms in total. The highest BCUT2D eigenvalue weighted by atomic mass is 32.2. The third-order valence-corrected chi connectivity index (χ3v) is 4.92. The van der Waals surface area contributed by atoms with Crippen molar-refractivity contribution >= 4 is 45.6 Å². The molecule has 1 amide bonds. The molecule has 0 bridgehead atoms. The minimum atomic E-state index is -0.213. The molecule has 1 aromatic carbocycles. The fraction of sp³-hybridized carbons (Fsp3) is 0.286. The summed E-state index contributed by atoms with van der Waals surface area (Å²) in [5.41, 5.74) is 6.65. The summed E-state index contributed by atoms with van der Waals surface area (Å²) in [5.74, 6) is 0.0672. The van der Waals surface area contributed by atoms with Crippen molar-refractivity contribution in [2.75, 3.05) is 22.6 Å². The number of benzene rings is 1. The average molecular weight is 320 g/mol. The van der Waals surface area contributed by atoms with E-state index in [1.165, 1.54) is 11.3 Å². The molecule has 0 radical (unpaired) electrons. The molecule has 1 saturated carbocycles. The number of anilines is 3. The second kappa shape index (κ2) is 5.95. The van der Waals surface area contributed by atoms with Crippen LogP contribution < -0.4 is 16.4 Å². The Morgan fingerprint density at radius 2 is 2.19 bits per heavy atom. The van der Waals surface area contributed by atoms with E-state index in [4.69, 9.17) is 5.73 Å². The number of rotatable bonds is 5. The highest BCUT2D eigenvalue weighted by Gasteiger charge is 2.24. The predicted molar refractivity (Wildman–Crippen MR) is 89.3 cm³/mol. The summed E-state index contributed by atoms with van der Waals surface area (Å²) in [6.45, 7) is 0. The zero-order valence-corrected chi connectivity index (χ0v) is 13.2. The second-order valence-corrected chi connectivity index (χ2v) is 6.65. The number of carbonyl (C=O) groups excluding carboxylic acids is 1. The number of thiazole rings is 1. The van der Waals surface area contributed by atoms with Gasteiger partial charge in [0.1, 0.15) is 10.7 Å². The van der Waals surface area contributed by atoms with E-state index in [2.05, 4.69) is 15.6 Å². The molecule has 1 aromatic heterocycles. The number of aromatic nitrogens is 1. The summed E-state index contributed by atoms with van der Waals surface area (Å²) in [6.07, 6.45) is 4.29. The maximum absolute atomic E-state index is 12.4. The molecule has 1 fully saturated rings. The van der Waals surface area contributed by atoms with Crippen molar-refractivity contribution in [2.45, 2.75) is 23.8 Å². The van der Waals surface area contributed by atoms with Crippen LogP contribution in [0.5, 0.6) is 0 Å². The lowest BCUT2D eigenvalue weighted by atomic mass is 10.3.